The number of carbonyl (C=O) groups excluding carboxylic acids is 1. The summed E-state index contributed by atoms with van der Waals surface area (Å²) in [5, 5.41) is 0. The first-order valence-corrected chi connectivity index (χ1v) is 12.9. The largest absolute Gasteiger partial charge is 0.452 e. The van der Waals surface area contributed by atoms with E-state index in [0.717, 1.165) is 5.56 Å². The molecule has 0 bridgehead atoms. The lowest BCUT2D eigenvalue weighted by Gasteiger charge is -2.13. The van der Waals surface area contributed by atoms with E-state index in [9.17, 15) is 14.0 Å². The van der Waals surface area contributed by atoms with Gasteiger partial charge in [0.2, 0.25) is 5.43 Å². The van der Waals surface area contributed by atoms with E-state index in [4.69, 9.17) is 4.74 Å². The number of benzene rings is 2. The Balaban J connectivity index is 1.41. The Hall–Kier alpha value is -4.72. The molecule has 2 aromatic carbocycles. The molecule has 0 saturated carbocycles. The quantitative estimate of drug-likeness (QED) is 0.221. The fourth-order valence-corrected chi connectivity index (χ4v) is 4.72. The van der Waals surface area contributed by atoms with E-state index in [2.05, 4.69) is 28.8 Å². The Bertz CT molecular complexity index is 1810. The van der Waals surface area contributed by atoms with Crippen LogP contribution in [0.5, 0.6) is 11.5 Å². The van der Waals surface area contributed by atoms with Crippen LogP contribution in [0.2, 0.25) is 0 Å². The Morgan fingerprint density at radius 2 is 1.70 bits per heavy atom. The van der Waals surface area contributed by atoms with Crippen LogP contribution >= 0.6 is 0 Å². The summed E-state index contributed by atoms with van der Waals surface area (Å²) in [4.78, 5) is 38.5. The average Bonchev–Trinajstić information content (AvgIpc) is 2.90. The number of aryl methyl sites for hydroxylation is 2. The van der Waals surface area contributed by atoms with E-state index >= 15 is 4.39 Å². The molecule has 0 radical (unpaired) electrons. The Morgan fingerprint density at radius 3 is 2.40 bits per heavy atom. The topological polar surface area (TPSA) is 84.9 Å². The third kappa shape index (κ3) is 5.25. The number of aromatic nitrogens is 3. The summed E-state index contributed by atoms with van der Waals surface area (Å²) in [7, 11) is 0. The molecule has 0 amide bonds. The van der Waals surface area contributed by atoms with Gasteiger partial charge in [0.15, 0.2) is 23.1 Å². The molecule has 5 aromatic rings. The second kappa shape index (κ2) is 10.8. The van der Waals surface area contributed by atoms with Gasteiger partial charge in [-0.15, -0.1) is 0 Å². The lowest BCUT2D eigenvalue weighted by Crippen LogP contribution is -2.22. The first kappa shape index (κ1) is 26.9. The summed E-state index contributed by atoms with van der Waals surface area (Å²) < 4.78 is 34.4. The number of ketones is 1. The number of carbonyl (C=O) groups is 1. The van der Waals surface area contributed by atoms with Crippen molar-refractivity contribution in [2.24, 2.45) is 0 Å². The monoisotopic (exact) mass is 539 g/mol. The van der Waals surface area contributed by atoms with Gasteiger partial charge < -0.3 is 9.72 Å². The van der Waals surface area contributed by atoms with Crippen molar-refractivity contribution >= 4 is 16.8 Å². The molecule has 0 saturated heterocycles. The van der Waals surface area contributed by atoms with Crippen LogP contribution in [-0.4, -0.2) is 20.7 Å². The van der Waals surface area contributed by atoms with Crippen molar-refractivity contribution < 1.29 is 18.3 Å². The highest BCUT2D eigenvalue weighted by Crippen LogP contribution is 2.31. The van der Waals surface area contributed by atoms with Gasteiger partial charge in [-0.3, -0.25) is 19.6 Å². The van der Waals surface area contributed by atoms with Crippen LogP contribution in [0.3, 0.4) is 0 Å². The Morgan fingerprint density at radius 1 is 0.950 bits per heavy atom. The van der Waals surface area contributed by atoms with Crippen molar-refractivity contribution in [1.82, 2.24) is 15.0 Å². The summed E-state index contributed by atoms with van der Waals surface area (Å²) in [5.41, 5.74) is 3.88. The van der Waals surface area contributed by atoms with Gasteiger partial charge in [-0.25, -0.2) is 8.78 Å². The Kier molecular flexibility index (Phi) is 7.26. The molecule has 0 aliphatic carbocycles. The minimum Gasteiger partial charge on any atom is -0.452 e. The maximum Gasteiger partial charge on any atom is 0.200 e. The molecule has 40 heavy (non-hydrogen) atoms. The van der Waals surface area contributed by atoms with Crippen LogP contribution in [0.25, 0.3) is 22.2 Å². The molecule has 0 fully saturated rings. The van der Waals surface area contributed by atoms with Gasteiger partial charge >= 0.3 is 0 Å². The number of fused-ring (bicyclic) bond motifs is 1. The van der Waals surface area contributed by atoms with Crippen LogP contribution in [0, 0.1) is 25.5 Å². The predicted molar refractivity (Wildman–Crippen MR) is 150 cm³/mol. The summed E-state index contributed by atoms with van der Waals surface area (Å²) in [6.07, 6.45) is 3.14. The zero-order valence-electron chi connectivity index (χ0n) is 22.5. The molecule has 3 aromatic heterocycles. The number of ether oxygens (including phenoxy) is 1. The molecule has 6 nitrogen and oxygen atoms in total. The second-order valence-corrected chi connectivity index (χ2v) is 10.0. The summed E-state index contributed by atoms with van der Waals surface area (Å²) >= 11 is 0. The van der Waals surface area contributed by atoms with Gasteiger partial charge in [-0.2, -0.15) is 0 Å². The van der Waals surface area contributed by atoms with Crippen molar-refractivity contribution in [2.75, 3.05) is 0 Å². The molecular formula is C32H27F2N3O3. The molecule has 0 spiro atoms. The minimum absolute atomic E-state index is 0.0132. The van der Waals surface area contributed by atoms with Gasteiger partial charge in [0.25, 0.3) is 0 Å². The normalized spacial score (nSPS) is 11.3. The molecule has 5 rings (SSSR count). The zero-order chi connectivity index (χ0) is 28.6. The summed E-state index contributed by atoms with van der Waals surface area (Å²) in [6.45, 7) is 7.49. The molecule has 3 heterocycles. The third-order valence-electron chi connectivity index (χ3n) is 6.80. The predicted octanol–water partition coefficient (Wildman–Crippen LogP) is 7.22. The number of nitrogens with zero attached hydrogens (tertiary/aromatic N) is 2. The lowest BCUT2D eigenvalue weighted by molar-refractivity contribution is 0.0991. The van der Waals surface area contributed by atoms with Crippen LogP contribution in [0.4, 0.5) is 8.78 Å². The van der Waals surface area contributed by atoms with Crippen LogP contribution in [-0.2, 0) is 6.42 Å². The Labute approximate surface area is 229 Å². The van der Waals surface area contributed by atoms with Crippen LogP contribution in [0.15, 0.2) is 71.8 Å². The van der Waals surface area contributed by atoms with Gasteiger partial charge in [0, 0.05) is 41.8 Å². The fraction of sp³-hybridized carbons (Fsp3) is 0.188. The number of pyridine rings is 3. The minimum atomic E-state index is -0.657. The summed E-state index contributed by atoms with van der Waals surface area (Å²) in [6, 6.07) is 13.3. The number of halogens is 2. The van der Waals surface area contributed by atoms with Crippen LogP contribution < -0.4 is 10.2 Å². The van der Waals surface area contributed by atoms with Gasteiger partial charge in [0.05, 0.1) is 11.1 Å². The number of aromatic amines is 1. The highest BCUT2D eigenvalue weighted by Gasteiger charge is 2.21. The van der Waals surface area contributed by atoms with Gasteiger partial charge in [0.1, 0.15) is 11.3 Å². The van der Waals surface area contributed by atoms with Crippen molar-refractivity contribution in [3.63, 3.8) is 0 Å². The van der Waals surface area contributed by atoms with E-state index < -0.39 is 22.8 Å². The standard InChI is InChI=1S/C32H27F2N3O3/c1-17(2)22-15-25-31(36-16-22)28(11-12-35-25)40-27-10-5-20(13-24(27)34)14-26(38)30-19(4)37-18(3)29(32(30)39)21-6-8-23(33)9-7-21/h5-13,15-17H,14H2,1-4H3,(H,37,39). The highest BCUT2D eigenvalue weighted by molar-refractivity contribution is 5.99. The first-order valence-electron chi connectivity index (χ1n) is 12.9. The maximum atomic E-state index is 15.1. The lowest BCUT2D eigenvalue weighted by atomic mass is 9.95. The molecule has 0 unspecified atom stereocenters. The van der Waals surface area contributed by atoms with E-state index in [0.29, 0.717) is 44.9 Å². The first-order chi connectivity index (χ1) is 19.1. The van der Waals surface area contributed by atoms with Gasteiger partial charge in [-0.05, 0) is 66.8 Å². The van der Waals surface area contributed by atoms with Crippen molar-refractivity contribution in [2.45, 2.75) is 40.0 Å². The van der Waals surface area contributed by atoms with Crippen molar-refractivity contribution in [1.29, 1.82) is 0 Å². The van der Waals surface area contributed by atoms with E-state index in [1.807, 2.05) is 6.07 Å². The number of rotatable bonds is 7. The van der Waals surface area contributed by atoms with Gasteiger partial charge in [-0.1, -0.05) is 32.0 Å². The van der Waals surface area contributed by atoms with Crippen molar-refractivity contribution in [3.8, 4) is 22.6 Å². The molecule has 0 aliphatic heterocycles. The SMILES string of the molecule is Cc1[nH]c(C)c(-c2ccc(F)cc2)c(=O)c1C(=O)Cc1ccc(Oc2ccnc3cc(C(C)C)cnc23)c(F)c1. The van der Waals surface area contributed by atoms with Crippen molar-refractivity contribution in [3.05, 3.63) is 117 Å². The molecule has 0 atom stereocenters. The number of hydrogen-bond donors (Lipinski definition) is 1. The third-order valence-corrected chi connectivity index (χ3v) is 6.80. The van der Waals surface area contributed by atoms with E-state index in [1.165, 1.54) is 36.4 Å². The highest BCUT2D eigenvalue weighted by atomic mass is 19.1. The molecule has 0 aliphatic rings. The second-order valence-electron chi connectivity index (χ2n) is 10.0. The molecule has 202 valence electrons. The number of nitrogens with one attached hydrogen (secondary N) is 1. The molecular weight excluding hydrogens is 512 g/mol. The smallest absolute Gasteiger partial charge is 0.200 e. The van der Waals surface area contributed by atoms with Crippen LogP contribution in [0.1, 0.15) is 52.6 Å². The van der Waals surface area contributed by atoms with E-state index in [1.54, 1.807) is 38.4 Å². The number of hydrogen-bond acceptors (Lipinski definition) is 5. The number of H-pyrrole nitrogens is 1. The molecule has 8 heteroatoms. The summed E-state index contributed by atoms with van der Waals surface area (Å²) in [5.74, 6) is -0.926. The number of Topliss-reactive ketones (excluding diaryl/α,β-unsaturated/α-hetero) is 1. The maximum absolute atomic E-state index is 15.1. The fourth-order valence-electron chi connectivity index (χ4n) is 4.72. The molecule has 1 N–H and O–H groups in total. The van der Waals surface area contributed by atoms with E-state index in [-0.39, 0.29) is 23.7 Å². The zero-order valence-corrected chi connectivity index (χ0v) is 22.5. The average molecular weight is 540 g/mol.